The van der Waals surface area contributed by atoms with Crippen molar-refractivity contribution in [2.75, 3.05) is 26.6 Å². The lowest BCUT2D eigenvalue weighted by Crippen LogP contribution is -2.30. The van der Waals surface area contributed by atoms with Crippen molar-refractivity contribution in [1.82, 2.24) is 5.32 Å². The summed E-state index contributed by atoms with van der Waals surface area (Å²) >= 11 is 3.43. The number of benzene rings is 4. The van der Waals surface area contributed by atoms with E-state index in [1.54, 1.807) is 78.9 Å². The van der Waals surface area contributed by atoms with Crippen molar-refractivity contribution in [3.8, 4) is 17.2 Å². The molecule has 0 aliphatic rings. The van der Waals surface area contributed by atoms with E-state index in [1.807, 2.05) is 24.3 Å². The third-order valence-electron chi connectivity index (χ3n) is 6.27. The molecule has 43 heavy (non-hydrogen) atoms. The minimum absolute atomic E-state index is 0.0545. The molecule has 0 atom stereocenters. The van der Waals surface area contributed by atoms with E-state index in [4.69, 9.17) is 14.2 Å². The average molecular weight is 642 g/mol. The number of allylic oxidation sites excluding steroid dienone is 1. The average Bonchev–Trinajstić information content (AvgIpc) is 3.03. The van der Waals surface area contributed by atoms with Gasteiger partial charge in [0.25, 0.3) is 11.8 Å². The molecular weight excluding hydrogens is 612 g/mol. The molecule has 4 aromatic carbocycles. The van der Waals surface area contributed by atoms with Crippen molar-refractivity contribution in [2.45, 2.75) is 0 Å². The van der Waals surface area contributed by atoms with Crippen molar-refractivity contribution >= 4 is 51.4 Å². The standard InChI is InChI=1S/C34H29BrN2O6/c1-41-30-21-32(43-3)31(42-2)20-25(30)14-17-29(38)23-12-15-27(16-13-23)36-34(40)28(19-22-8-7-11-26(35)18-22)37-33(39)24-9-5-4-6-10-24/h4-21H,1-3H3,(H,36,40)(H,37,39)/b17-14+,28-19-. The summed E-state index contributed by atoms with van der Waals surface area (Å²) in [5, 5.41) is 5.50. The molecule has 0 saturated carbocycles. The molecule has 0 spiro atoms. The van der Waals surface area contributed by atoms with Gasteiger partial charge in [-0.2, -0.15) is 0 Å². The second kappa shape index (κ2) is 14.7. The third kappa shape index (κ3) is 8.21. The van der Waals surface area contributed by atoms with Crippen molar-refractivity contribution in [3.63, 3.8) is 0 Å². The van der Waals surface area contributed by atoms with Gasteiger partial charge in [0, 0.05) is 32.9 Å². The van der Waals surface area contributed by atoms with E-state index in [1.165, 1.54) is 27.4 Å². The minimum Gasteiger partial charge on any atom is -0.496 e. The summed E-state index contributed by atoms with van der Waals surface area (Å²) in [7, 11) is 4.59. The predicted molar refractivity (Wildman–Crippen MR) is 171 cm³/mol. The van der Waals surface area contributed by atoms with E-state index in [0.29, 0.717) is 45.2 Å². The highest BCUT2D eigenvalue weighted by molar-refractivity contribution is 9.10. The lowest BCUT2D eigenvalue weighted by Gasteiger charge is -2.12. The van der Waals surface area contributed by atoms with Crippen molar-refractivity contribution in [3.05, 3.63) is 129 Å². The van der Waals surface area contributed by atoms with Crippen LogP contribution in [-0.4, -0.2) is 38.9 Å². The van der Waals surface area contributed by atoms with Crippen LogP contribution in [0.4, 0.5) is 5.69 Å². The second-order valence-corrected chi connectivity index (χ2v) is 10.0. The van der Waals surface area contributed by atoms with Crippen molar-refractivity contribution in [2.24, 2.45) is 0 Å². The molecule has 2 N–H and O–H groups in total. The Morgan fingerprint density at radius 2 is 1.40 bits per heavy atom. The first kappa shape index (κ1) is 30.8. The summed E-state index contributed by atoms with van der Waals surface area (Å²) in [6.45, 7) is 0. The Labute approximate surface area is 258 Å². The molecule has 218 valence electrons. The molecule has 4 rings (SSSR count). The number of carbonyl (C=O) groups excluding carboxylic acids is 3. The van der Waals surface area contributed by atoms with Gasteiger partial charge in [-0.1, -0.05) is 46.3 Å². The molecule has 0 saturated heterocycles. The first-order valence-corrected chi connectivity index (χ1v) is 13.9. The van der Waals surface area contributed by atoms with Gasteiger partial charge in [0.15, 0.2) is 17.3 Å². The maximum Gasteiger partial charge on any atom is 0.272 e. The van der Waals surface area contributed by atoms with Gasteiger partial charge in [0.1, 0.15) is 11.4 Å². The smallest absolute Gasteiger partial charge is 0.272 e. The van der Waals surface area contributed by atoms with Gasteiger partial charge >= 0.3 is 0 Å². The number of ether oxygens (including phenoxy) is 3. The Balaban J connectivity index is 1.50. The fourth-order valence-corrected chi connectivity index (χ4v) is 4.48. The molecule has 0 aliphatic heterocycles. The summed E-state index contributed by atoms with van der Waals surface area (Å²) in [6.07, 6.45) is 4.65. The fourth-order valence-electron chi connectivity index (χ4n) is 4.07. The van der Waals surface area contributed by atoms with Crippen LogP contribution < -0.4 is 24.8 Å². The van der Waals surface area contributed by atoms with Crippen LogP contribution in [0.15, 0.2) is 107 Å². The van der Waals surface area contributed by atoms with Crippen LogP contribution in [0.25, 0.3) is 12.2 Å². The van der Waals surface area contributed by atoms with Gasteiger partial charge in [0.2, 0.25) is 0 Å². The van der Waals surface area contributed by atoms with Crippen LogP contribution in [0.1, 0.15) is 31.8 Å². The first-order valence-electron chi connectivity index (χ1n) is 13.1. The molecule has 8 nitrogen and oxygen atoms in total. The number of hydrogen-bond acceptors (Lipinski definition) is 6. The number of carbonyl (C=O) groups is 3. The summed E-state index contributed by atoms with van der Waals surface area (Å²) < 4.78 is 16.9. The van der Waals surface area contributed by atoms with E-state index < -0.39 is 11.8 Å². The molecule has 9 heteroatoms. The summed E-state index contributed by atoms with van der Waals surface area (Å²) in [5.74, 6) is 0.337. The van der Waals surface area contributed by atoms with Gasteiger partial charge in [-0.15, -0.1) is 0 Å². The molecule has 0 aliphatic carbocycles. The van der Waals surface area contributed by atoms with Crippen molar-refractivity contribution < 1.29 is 28.6 Å². The SMILES string of the molecule is COc1cc(OC)c(OC)cc1/C=C/C(=O)c1ccc(NC(=O)/C(=C/c2cccc(Br)c2)NC(=O)c2ccccc2)cc1. The van der Waals surface area contributed by atoms with Gasteiger partial charge < -0.3 is 24.8 Å². The molecule has 4 aromatic rings. The number of nitrogens with one attached hydrogen (secondary N) is 2. The largest absolute Gasteiger partial charge is 0.496 e. The first-order chi connectivity index (χ1) is 20.8. The molecule has 0 aromatic heterocycles. The van der Waals surface area contributed by atoms with Crippen LogP contribution in [0, 0.1) is 0 Å². The van der Waals surface area contributed by atoms with Crippen LogP contribution >= 0.6 is 15.9 Å². The van der Waals surface area contributed by atoms with E-state index in [-0.39, 0.29) is 11.5 Å². The summed E-state index contributed by atoms with van der Waals surface area (Å²) in [6, 6.07) is 25.8. The molecular formula is C34H29BrN2O6. The number of anilines is 1. The predicted octanol–water partition coefficient (Wildman–Crippen LogP) is 6.78. The maximum absolute atomic E-state index is 13.3. The lowest BCUT2D eigenvalue weighted by atomic mass is 10.1. The number of amides is 2. The molecule has 0 heterocycles. The maximum atomic E-state index is 13.3. The number of ketones is 1. The van der Waals surface area contributed by atoms with Gasteiger partial charge in [0.05, 0.1) is 21.3 Å². The quantitative estimate of drug-likeness (QED) is 0.138. The highest BCUT2D eigenvalue weighted by atomic mass is 79.9. The van der Waals surface area contributed by atoms with E-state index in [0.717, 1.165) is 4.47 Å². The Morgan fingerprint density at radius 1 is 0.721 bits per heavy atom. The topological polar surface area (TPSA) is 103 Å². The van der Waals surface area contributed by atoms with Crippen LogP contribution in [0.2, 0.25) is 0 Å². The number of hydrogen-bond donors (Lipinski definition) is 2. The molecule has 0 unspecified atom stereocenters. The highest BCUT2D eigenvalue weighted by Gasteiger charge is 2.16. The second-order valence-electron chi connectivity index (χ2n) is 9.11. The summed E-state index contributed by atoms with van der Waals surface area (Å²) in [4.78, 5) is 39.0. The van der Waals surface area contributed by atoms with Crippen molar-refractivity contribution in [1.29, 1.82) is 0 Å². The molecule has 2 amide bonds. The zero-order valence-electron chi connectivity index (χ0n) is 23.7. The van der Waals surface area contributed by atoms with Gasteiger partial charge in [-0.25, -0.2) is 0 Å². The Kier molecular flexibility index (Phi) is 10.5. The molecule has 0 radical (unpaired) electrons. The molecule has 0 fully saturated rings. The molecule has 0 bridgehead atoms. The minimum atomic E-state index is -0.524. The zero-order chi connectivity index (χ0) is 30.8. The van der Waals surface area contributed by atoms with Crippen LogP contribution in [-0.2, 0) is 4.79 Å². The Hall–Kier alpha value is -5.15. The number of rotatable bonds is 11. The lowest BCUT2D eigenvalue weighted by molar-refractivity contribution is -0.113. The number of methoxy groups -OCH3 is 3. The van der Waals surface area contributed by atoms with Gasteiger partial charge in [-0.3, -0.25) is 14.4 Å². The van der Waals surface area contributed by atoms with E-state index in [9.17, 15) is 14.4 Å². The Morgan fingerprint density at radius 3 is 2.05 bits per heavy atom. The van der Waals surface area contributed by atoms with Crippen LogP contribution in [0.5, 0.6) is 17.2 Å². The fraction of sp³-hybridized carbons (Fsp3) is 0.0882. The third-order valence-corrected chi connectivity index (χ3v) is 6.76. The monoisotopic (exact) mass is 640 g/mol. The zero-order valence-corrected chi connectivity index (χ0v) is 25.3. The number of halogens is 1. The van der Waals surface area contributed by atoms with Crippen LogP contribution in [0.3, 0.4) is 0 Å². The summed E-state index contributed by atoms with van der Waals surface area (Å²) in [5.41, 5.74) is 2.68. The van der Waals surface area contributed by atoms with E-state index >= 15 is 0 Å². The van der Waals surface area contributed by atoms with Gasteiger partial charge in [-0.05, 0) is 78.4 Å². The van der Waals surface area contributed by atoms with E-state index in [2.05, 4.69) is 26.6 Å². The highest BCUT2D eigenvalue weighted by Crippen LogP contribution is 2.35. The Bertz CT molecular complexity index is 1680. The normalized spacial score (nSPS) is 11.1.